The second-order valence-electron chi connectivity index (χ2n) is 7.80. The van der Waals surface area contributed by atoms with Crippen molar-refractivity contribution < 1.29 is 27.4 Å². The Morgan fingerprint density at radius 3 is 1.72 bits per heavy atom. The Bertz CT molecular complexity index is 1260. The minimum absolute atomic E-state index is 0.0317. The predicted octanol–water partition coefficient (Wildman–Crippen LogP) is 9.00. The molecule has 2 nitrogen and oxygen atoms in total. The van der Waals surface area contributed by atoms with Crippen LogP contribution in [0.15, 0.2) is 109 Å². The molecule has 0 atom stereocenters. The van der Waals surface area contributed by atoms with Gasteiger partial charge in [0.2, 0.25) is 0 Å². The summed E-state index contributed by atoms with van der Waals surface area (Å²) in [4.78, 5) is 0. The monoisotopic (exact) mass is 496 g/mol. The number of aryl methyl sites for hydroxylation is 1. The fourth-order valence-electron chi connectivity index (χ4n) is 3.26. The Labute approximate surface area is 209 Å². The highest BCUT2D eigenvalue weighted by atomic mass is 19.2. The number of ether oxygens (including phenoxy) is 1. The van der Waals surface area contributed by atoms with Crippen molar-refractivity contribution in [2.24, 2.45) is 0 Å². The Morgan fingerprint density at radius 2 is 1.28 bits per heavy atom. The number of methoxy groups -OCH3 is 1. The quantitative estimate of drug-likeness (QED) is 0.146. The summed E-state index contributed by atoms with van der Waals surface area (Å²) in [7, 11) is 1.19. The lowest BCUT2D eigenvalue weighted by molar-refractivity contribution is 0.280. The molecule has 0 heterocycles. The van der Waals surface area contributed by atoms with Gasteiger partial charge in [0, 0.05) is 11.1 Å². The van der Waals surface area contributed by atoms with Gasteiger partial charge < -0.3 is 9.84 Å². The number of hydrogen-bond acceptors (Lipinski definition) is 2. The normalized spacial score (nSPS) is 11.1. The van der Waals surface area contributed by atoms with Gasteiger partial charge in [-0.05, 0) is 54.2 Å². The molecule has 0 aliphatic carbocycles. The van der Waals surface area contributed by atoms with Gasteiger partial charge in [0.25, 0.3) is 0 Å². The van der Waals surface area contributed by atoms with Crippen LogP contribution in [0.2, 0.25) is 0 Å². The minimum atomic E-state index is -1.19. The molecule has 0 radical (unpaired) electrons. The first-order chi connectivity index (χ1) is 17.1. The van der Waals surface area contributed by atoms with Crippen LogP contribution in [0.1, 0.15) is 18.9 Å². The van der Waals surface area contributed by atoms with E-state index in [-0.39, 0.29) is 28.9 Å². The van der Waals surface area contributed by atoms with Crippen LogP contribution in [-0.4, -0.2) is 12.2 Å². The van der Waals surface area contributed by atoms with E-state index in [0.29, 0.717) is 17.5 Å². The van der Waals surface area contributed by atoms with Crippen LogP contribution < -0.4 is 0 Å². The van der Waals surface area contributed by atoms with Gasteiger partial charge in [0.05, 0.1) is 7.11 Å². The van der Waals surface area contributed by atoms with Gasteiger partial charge in [-0.2, -0.15) is 4.39 Å². The standard InChI is InChI=1S/C27H22F4O2.C3H6/c1-16(24(28)25(29)17(2)33-3)4-5-18-6-8-19(9-7-18)22-14-15-23(27(31)26(22)30)20-10-12-21(32)13-11-20;1-3-2/h6-15,32H,1-2,4-5H2,3H3;3H,1H2,2H3/b25-24-;. The van der Waals surface area contributed by atoms with Crippen molar-refractivity contribution in [3.8, 4) is 28.0 Å². The Morgan fingerprint density at radius 1 is 0.833 bits per heavy atom. The highest BCUT2D eigenvalue weighted by molar-refractivity contribution is 5.72. The Kier molecular flexibility index (Phi) is 10.3. The summed E-state index contributed by atoms with van der Waals surface area (Å²) in [6.07, 6.45) is 2.27. The van der Waals surface area contributed by atoms with E-state index in [1.165, 1.54) is 43.5 Å². The van der Waals surface area contributed by atoms with E-state index in [9.17, 15) is 22.7 Å². The molecule has 0 saturated heterocycles. The molecule has 3 rings (SSSR count). The second-order valence-corrected chi connectivity index (χ2v) is 7.80. The smallest absolute Gasteiger partial charge is 0.200 e. The zero-order chi connectivity index (χ0) is 26.8. The van der Waals surface area contributed by atoms with Crippen LogP contribution in [0.3, 0.4) is 0 Å². The Balaban J connectivity index is 0.00000145. The van der Waals surface area contributed by atoms with E-state index in [1.807, 2.05) is 6.92 Å². The molecule has 188 valence electrons. The van der Waals surface area contributed by atoms with Crippen LogP contribution in [0.25, 0.3) is 22.3 Å². The summed E-state index contributed by atoms with van der Waals surface area (Å²) in [6.45, 7) is 12.1. The molecule has 0 amide bonds. The molecule has 0 aliphatic rings. The molecule has 0 spiro atoms. The average molecular weight is 497 g/mol. The molecular formula is C30H28F4O2. The molecule has 3 aromatic carbocycles. The van der Waals surface area contributed by atoms with Crippen LogP contribution >= 0.6 is 0 Å². The first-order valence-corrected chi connectivity index (χ1v) is 11.0. The average Bonchev–Trinajstić information content (AvgIpc) is 2.89. The summed E-state index contributed by atoms with van der Waals surface area (Å²) in [6, 6.07) is 15.5. The second kappa shape index (κ2) is 13.1. The van der Waals surface area contributed by atoms with Crippen LogP contribution in [0, 0.1) is 11.6 Å². The van der Waals surface area contributed by atoms with Gasteiger partial charge >= 0.3 is 0 Å². The first-order valence-electron chi connectivity index (χ1n) is 11.0. The topological polar surface area (TPSA) is 29.5 Å². The summed E-state index contributed by atoms with van der Waals surface area (Å²) < 4.78 is 61.9. The van der Waals surface area contributed by atoms with Gasteiger partial charge in [0.1, 0.15) is 11.5 Å². The lowest BCUT2D eigenvalue weighted by Gasteiger charge is -2.10. The number of rotatable bonds is 8. The summed E-state index contributed by atoms with van der Waals surface area (Å²) in [5.41, 5.74) is 1.86. The van der Waals surface area contributed by atoms with Crippen LogP contribution in [-0.2, 0) is 11.2 Å². The van der Waals surface area contributed by atoms with E-state index in [1.54, 1.807) is 30.3 Å². The zero-order valence-corrected chi connectivity index (χ0v) is 20.3. The summed E-state index contributed by atoms with van der Waals surface area (Å²) in [5.74, 6) is -4.65. The van der Waals surface area contributed by atoms with Gasteiger partial charge in [-0.3, -0.25) is 0 Å². The van der Waals surface area contributed by atoms with Gasteiger partial charge in [-0.25, -0.2) is 13.2 Å². The van der Waals surface area contributed by atoms with Crippen molar-refractivity contribution in [3.63, 3.8) is 0 Å². The number of halogens is 4. The van der Waals surface area contributed by atoms with E-state index >= 15 is 0 Å². The van der Waals surface area contributed by atoms with E-state index in [2.05, 4.69) is 24.5 Å². The van der Waals surface area contributed by atoms with Crippen LogP contribution in [0.5, 0.6) is 5.75 Å². The van der Waals surface area contributed by atoms with Crippen molar-refractivity contribution in [1.29, 1.82) is 0 Å². The van der Waals surface area contributed by atoms with Crippen molar-refractivity contribution in [1.82, 2.24) is 0 Å². The number of hydrogen-bond donors (Lipinski definition) is 1. The third kappa shape index (κ3) is 6.98. The SMILES string of the molecule is C=C(CCc1ccc(-c2ccc(-c3ccc(O)cc3)c(F)c2F)cc1)/C(F)=C(/F)C(=C)OC.C=CC. The highest BCUT2D eigenvalue weighted by Crippen LogP contribution is 2.32. The molecule has 0 unspecified atom stereocenters. The van der Waals surface area contributed by atoms with Gasteiger partial charge in [0.15, 0.2) is 23.3 Å². The molecule has 0 fully saturated rings. The van der Waals surface area contributed by atoms with E-state index in [4.69, 9.17) is 0 Å². The summed E-state index contributed by atoms with van der Waals surface area (Å²) >= 11 is 0. The largest absolute Gasteiger partial charge is 0.508 e. The maximum atomic E-state index is 14.8. The molecule has 3 aromatic rings. The van der Waals surface area contributed by atoms with Crippen molar-refractivity contribution in [2.75, 3.05) is 7.11 Å². The van der Waals surface area contributed by atoms with E-state index in [0.717, 1.165) is 5.56 Å². The lowest BCUT2D eigenvalue weighted by atomic mass is 9.97. The predicted molar refractivity (Wildman–Crippen MR) is 138 cm³/mol. The maximum Gasteiger partial charge on any atom is 0.200 e. The third-order valence-corrected chi connectivity index (χ3v) is 5.24. The van der Waals surface area contributed by atoms with Gasteiger partial charge in [-0.15, -0.1) is 6.58 Å². The fourth-order valence-corrected chi connectivity index (χ4v) is 3.26. The molecule has 36 heavy (non-hydrogen) atoms. The maximum absolute atomic E-state index is 14.8. The van der Waals surface area contributed by atoms with Crippen molar-refractivity contribution >= 4 is 0 Å². The molecular weight excluding hydrogens is 468 g/mol. The molecule has 0 bridgehead atoms. The van der Waals surface area contributed by atoms with Crippen LogP contribution in [0.4, 0.5) is 17.6 Å². The molecule has 0 aromatic heterocycles. The fraction of sp³-hybridized carbons (Fsp3) is 0.133. The number of allylic oxidation sites excluding steroid dienone is 4. The van der Waals surface area contributed by atoms with Crippen molar-refractivity contribution in [2.45, 2.75) is 19.8 Å². The third-order valence-electron chi connectivity index (χ3n) is 5.24. The number of aromatic hydroxyl groups is 1. The number of phenols is 1. The zero-order valence-electron chi connectivity index (χ0n) is 20.3. The number of benzene rings is 3. The Hall–Kier alpha value is -4.06. The van der Waals surface area contributed by atoms with Gasteiger partial charge in [-0.1, -0.05) is 67.8 Å². The number of phenolic OH excluding ortho intramolecular Hbond substituents is 1. The molecule has 0 aliphatic heterocycles. The first kappa shape index (κ1) is 28.2. The molecule has 6 heteroatoms. The molecule has 0 saturated carbocycles. The highest BCUT2D eigenvalue weighted by Gasteiger charge is 2.17. The van der Waals surface area contributed by atoms with E-state index < -0.39 is 29.0 Å². The summed E-state index contributed by atoms with van der Waals surface area (Å²) in [5, 5.41) is 9.38. The van der Waals surface area contributed by atoms with Crippen molar-refractivity contribution in [3.05, 3.63) is 127 Å². The minimum Gasteiger partial charge on any atom is -0.508 e. The lowest BCUT2D eigenvalue weighted by Crippen LogP contribution is -1.95. The molecule has 1 N–H and O–H groups in total.